The lowest BCUT2D eigenvalue weighted by atomic mass is 9.96. The molecule has 0 radical (unpaired) electrons. The van der Waals surface area contributed by atoms with Crippen molar-refractivity contribution in [1.29, 1.82) is 0 Å². The molecule has 5 heteroatoms. The van der Waals surface area contributed by atoms with Crippen LogP contribution in [0.25, 0.3) is 0 Å². The fourth-order valence-corrected chi connectivity index (χ4v) is 2.52. The zero-order chi connectivity index (χ0) is 14.5. The number of piperidine rings is 1. The predicted octanol–water partition coefficient (Wildman–Crippen LogP) is 1.52. The van der Waals surface area contributed by atoms with Crippen LogP contribution in [0.5, 0.6) is 0 Å². The van der Waals surface area contributed by atoms with Gasteiger partial charge in [-0.15, -0.1) is 0 Å². The zero-order valence-electron chi connectivity index (χ0n) is 11.7. The average molecular weight is 275 g/mol. The third-order valence-corrected chi connectivity index (χ3v) is 3.78. The van der Waals surface area contributed by atoms with Gasteiger partial charge in [0.2, 0.25) is 5.91 Å². The Morgan fingerprint density at radius 2 is 2.15 bits per heavy atom. The first-order valence-electron chi connectivity index (χ1n) is 6.91. The summed E-state index contributed by atoms with van der Waals surface area (Å²) in [4.78, 5) is 14.1. The summed E-state index contributed by atoms with van der Waals surface area (Å²) in [5, 5.41) is 11.8. The number of benzene rings is 1. The van der Waals surface area contributed by atoms with E-state index in [1.165, 1.54) is 5.56 Å². The smallest absolute Gasteiger partial charge is 0.227 e. The highest BCUT2D eigenvalue weighted by atomic mass is 16.4. The molecule has 1 fully saturated rings. The van der Waals surface area contributed by atoms with Crippen LogP contribution < -0.4 is 5.73 Å². The molecule has 0 bridgehead atoms. The standard InChI is InChI=1S/C15H21N3O2/c1-11-4-6-12(7-5-11)9-14(19)18-8-2-3-13(10-18)15(16)17-20/h4-7,13,20H,2-3,8-10H2,1H3,(H2,16,17). The lowest BCUT2D eigenvalue weighted by molar-refractivity contribution is -0.131. The van der Waals surface area contributed by atoms with Crippen LogP contribution >= 0.6 is 0 Å². The normalized spacial score (nSPS) is 19.9. The summed E-state index contributed by atoms with van der Waals surface area (Å²) in [6.45, 7) is 3.32. The molecule has 0 spiro atoms. The number of amidine groups is 1. The molecule has 1 aliphatic rings. The first kappa shape index (κ1) is 14.4. The lowest BCUT2D eigenvalue weighted by Gasteiger charge is -2.32. The molecule has 0 aromatic heterocycles. The summed E-state index contributed by atoms with van der Waals surface area (Å²) < 4.78 is 0. The zero-order valence-corrected chi connectivity index (χ0v) is 11.7. The van der Waals surface area contributed by atoms with Crippen molar-refractivity contribution in [3.8, 4) is 0 Å². The van der Waals surface area contributed by atoms with Gasteiger partial charge in [-0.2, -0.15) is 0 Å². The summed E-state index contributed by atoms with van der Waals surface area (Å²) in [5.74, 6) is 0.290. The Hall–Kier alpha value is -2.04. The van der Waals surface area contributed by atoms with Gasteiger partial charge in [0.1, 0.15) is 5.84 Å². The van der Waals surface area contributed by atoms with Gasteiger partial charge in [-0.25, -0.2) is 0 Å². The van der Waals surface area contributed by atoms with Crippen molar-refractivity contribution in [2.45, 2.75) is 26.2 Å². The Balaban J connectivity index is 1.96. The van der Waals surface area contributed by atoms with E-state index in [0.717, 1.165) is 24.9 Å². The number of hydrogen-bond donors (Lipinski definition) is 2. The van der Waals surface area contributed by atoms with Crippen molar-refractivity contribution < 1.29 is 10.0 Å². The summed E-state index contributed by atoms with van der Waals surface area (Å²) >= 11 is 0. The Morgan fingerprint density at radius 3 is 2.80 bits per heavy atom. The number of aryl methyl sites for hydroxylation is 1. The molecule has 1 aliphatic heterocycles. The lowest BCUT2D eigenvalue weighted by Crippen LogP contribution is -2.44. The number of carbonyl (C=O) groups is 1. The number of amides is 1. The van der Waals surface area contributed by atoms with Gasteiger partial charge >= 0.3 is 0 Å². The van der Waals surface area contributed by atoms with Gasteiger partial charge in [-0.3, -0.25) is 4.79 Å². The molecule has 1 atom stereocenters. The molecule has 1 saturated heterocycles. The summed E-state index contributed by atoms with van der Waals surface area (Å²) in [6.07, 6.45) is 2.16. The highest BCUT2D eigenvalue weighted by molar-refractivity contribution is 5.84. The highest BCUT2D eigenvalue weighted by Gasteiger charge is 2.26. The molecular weight excluding hydrogens is 254 g/mol. The Kier molecular flexibility index (Phi) is 4.61. The molecule has 3 N–H and O–H groups in total. The molecule has 1 heterocycles. The van der Waals surface area contributed by atoms with Crippen molar-refractivity contribution in [3.63, 3.8) is 0 Å². The number of hydrogen-bond acceptors (Lipinski definition) is 3. The van der Waals surface area contributed by atoms with Crippen LogP contribution in [0, 0.1) is 12.8 Å². The van der Waals surface area contributed by atoms with E-state index >= 15 is 0 Å². The van der Waals surface area contributed by atoms with Gasteiger partial charge in [0.05, 0.1) is 6.42 Å². The van der Waals surface area contributed by atoms with Gasteiger partial charge in [-0.05, 0) is 25.3 Å². The monoisotopic (exact) mass is 275 g/mol. The number of carbonyl (C=O) groups excluding carboxylic acids is 1. The SMILES string of the molecule is Cc1ccc(CC(=O)N2CCCC(C(N)=NO)C2)cc1. The molecule has 0 aliphatic carbocycles. The average Bonchev–Trinajstić information content (AvgIpc) is 2.49. The van der Waals surface area contributed by atoms with Crippen molar-refractivity contribution >= 4 is 11.7 Å². The van der Waals surface area contributed by atoms with E-state index in [9.17, 15) is 4.79 Å². The third kappa shape index (κ3) is 3.50. The first-order valence-corrected chi connectivity index (χ1v) is 6.91. The number of nitrogens with zero attached hydrogens (tertiary/aromatic N) is 2. The Bertz CT molecular complexity index is 496. The first-order chi connectivity index (χ1) is 9.60. The Labute approximate surface area is 119 Å². The summed E-state index contributed by atoms with van der Waals surface area (Å²) in [5.41, 5.74) is 7.85. The predicted molar refractivity (Wildman–Crippen MR) is 77.6 cm³/mol. The van der Waals surface area contributed by atoms with Crippen LogP contribution in [-0.4, -0.2) is 34.9 Å². The van der Waals surface area contributed by atoms with Crippen LogP contribution in [0.3, 0.4) is 0 Å². The molecule has 108 valence electrons. The van der Waals surface area contributed by atoms with E-state index in [-0.39, 0.29) is 17.7 Å². The molecule has 1 aromatic rings. The number of likely N-dealkylation sites (tertiary alicyclic amines) is 1. The van der Waals surface area contributed by atoms with Crippen molar-refractivity contribution in [3.05, 3.63) is 35.4 Å². The fourth-order valence-electron chi connectivity index (χ4n) is 2.52. The van der Waals surface area contributed by atoms with Gasteiger partial charge in [0, 0.05) is 19.0 Å². The van der Waals surface area contributed by atoms with Crippen LogP contribution in [-0.2, 0) is 11.2 Å². The molecule has 1 aromatic carbocycles. The third-order valence-electron chi connectivity index (χ3n) is 3.78. The Morgan fingerprint density at radius 1 is 1.45 bits per heavy atom. The largest absolute Gasteiger partial charge is 0.409 e. The number of nitrogens with two attached hydrogens (primary N) is 1. The molecule has 2 rings (SSSR count). The minimum absolute atomic E-state index is 0.0317. The fraction of sp³-hybridized carbons (Fsp3) is 0.467. The molecule has 1 unspecified atom stereocenters. The van der Waals surface area contributed by atoms with Crippen molar-refractivity contribution in [1.82, 2.24) is 4.90 Å². The van der Waals surface area contributed by atoms with Crippen LogP contribution in [0.1, 0.15) is 24.0 Å². The van der Waals surface area contributed by atoms with Gasteiger partial charge in [0.25, 0.3) is 0 Å². The minimum atomic E-state index is -0.0317. The second kappa shape index (κ2) is 6.41. The van der Waals surface area contributed by atoms with Crippen molar-refractivity contribution in [2.24, 2.45) is 16.8 Å². The van der Waals surface area contributed by atoms with Crippen molar-refractivity contribution in [2.75, 3.05) is 13.1 Å². The van der Waals surface area contributed by atoms with E-state index in [2.05, 4.69) is 5.16 Å². The second-order valence-electron chi connectivity index (χ2n) is 5.37. The van der Waals surface area contributed by atoms with E-state index in [0.29, 0.717) is 13.0 Å². The van der Waals surface area contributed by atoms with E-state index in [1.54, 1.807) is 0 Å². The van der Waals surface area contributed by atoms with E-state index in [1.807, 2.05) is 36.1 Å². The molecule has 1 amide bonds. The number of rotatable bonds is 3. The van der Waals surface area contributed by atoms with Gasteiger partial charge < -0.3 is 15.8 Å². The van der Waals surface area contributed by atoms with Crippen LogP contribution in [0.4, 0.5) is 0 Å². The van der Waals surface area contributed by atoms with Crippen LogP contribution in [0.15, 0.2) is 29.4 Å². The van der Waals surface area contributed by atoms with E-state index in [4.69, 9.17) is 10.9 Å². The molecule has 0 saturated carbocycles. The summed E-state index contributed by atoms with van der Waals surface area (Å²) in [7, 11) is 0. The maximum Gasteiger partial charge on any atom is 0.227 e. The molecular formula is C15H21N3O2. The van der Waals surface area contributed by atoms with Gasteiger partial charge in [-0.1, -0.05) is 35.0 Å². The maximum absolute atomic E-state index is 12.3. The highest BCUT2D eigenvalue weighted by Crippen LogP contribution is 2.18. The number of oxime groups is 1. The molecule has 20 heavy (non-hydrogen) atoms. The second-order valence-corrected chi connectivity index (χ2v) is 5.37. The quantitative estimate of drug-likeness (QED) is 0.380. The topological polar surface area (TPSA) is 78.9 Å². The van der Waals surface area contributed by atoms with Crippen LogP contribution in [0.2, 0.25) is 0 Å². The summed E-state index contributed by atoms with van der Waals surface area (Å²) in [6, 6.07) is 7.99. The van der Waals surface area contributed by atoms with Gasteiger partial charge in [0.15, 0.2) is 0 Å². The maximum atomic E-state index is 12.3. The minimum Gasteiger partial charge on any atom is -0.409 e. The molecule has 5 nitrogen and oxygen atoms in total. The van der Waals surface area contributed by atoms with E-state index < -0.39 is 0 Å².